The van der Waals surface area contributed by atoms with Gasteiger partial charge in [0.05, 0.1) is 42.7 Å². The second-order valence-electron chi connectivity index (χ2n) is 7.96. The average molecular weight is 536 g/mol. The summed E-state index contributed by atoms with van der Waals surface area (Å²) in [4.78, 5) is 39.8. The number of carbonyl (C=O) groups is 1. The smallest absolute Gasteiger partial charge is 0.387 e. The number of aryl methyl sites for hydroxylation is 2. The number of hydrogen-bond donors (Lipinski definition) is 1. The van der Waals surface area contributed by atoms with Gasteiger partial charge in [0.15, 0.2) is 15.6 Å². The van der Waals surface area contributed by atoms with Crippen LogP contribution in [0, 0.1) is 13.8 Å². The van der Waals surface area contributed by atoms with Crippen molar-refractivity contribution in [3.8, 4) is 34.0 Å². The summed E-state index contributed by atoms with van der Waals surface area (Å²) in [5, 5.41) is 3.12. The maximum absolute atomic E-state index is 13.5. The summed E-state index contributed by atoms with van der Waals surface area (Å²) in [6.07, 6.45) is 5.85. The van der Waals surface area contributed by atoms with Gasteiger partial charge in [-0.2, -0.15) is 13.8 Å². The molecule has 0 saturated heterocycles. The Labute approximate surface area is 218 Å². The Morgan fingerprint density at radius 2 is 1.84 bits per heavy atom. The Morgan fingerprint density at radius 3 is 2.58 bits per heavy atom. The minimum absolute atomic E-state index is 0.0646. The predicted octanol–water partition coefficient (Wildman–Crippen LogP) is 5.08. The molecule has 0 saturated carbocycles. The van der Waals surface area contributed by atoms with E-state index in [4.69, 9.17) is 4.74 Å². The number of hydrogen-bond acceptors (Lipinski definition) is 10. The van der Waals surface area contributed by atoms with E-state index in [1.807, 2.05) is 13.0 Å². The van der Waals surface area contributed by atoms with Crippen molar-refractivity contribution in [2.45, 2.75) is 20.5 Å². The molecule has 5 heterocycles. The fourth-order valence-electron chi connectivity index (χ4n) is 3.86. The maximum Gasteiger partial charge on any atom is 0.387 e. The van der Waals surface area contributed by atoms with Crippen LogP contribution in [0.5, 0.6) is 11.5 Å². The number of nitrogens with one attached hydrogen (secondary N) is 1. The highest BCUT2D eigenvalue weighted by Crippen LogP contribution is 2.34. The molecule has 0 spiro atoms. The molecule has 0 aliphatic rings. The normalized spacial score (nSPS) is 11.1. The molecular weight excluding hydrogens is 516 g/mol. The number of alkyl halides is 2. The number of nitrogens with zero attached hydrogens (tertiary/aromatic N) is 6. The van der Waals surface area contributed by atoms with E-state index < -0.39 is 12.5 Å². The van der Waals surface area contributed by atoms with Crippen LogP contribution >= 0.6 is 11.3 Å². The van der Waals surface area contributed by atoms with E-state index in [2.05, 4.69) is 40.0 Å². The molecule has 0 radical (unpaired) electrons. The number of ether oxygens (including phenoxy) is 2. The number of thiazole rings is 1. The van der Waals surface area contributed by atoms with Crippen molar-refractivity contribution in [1.82, 2.24) is 29.9 Å². The molecule has 5 rings (SSSR count). The van der Waals surface area contributed by atoms with Gasteiger partial charge < -0.3 is 9.47 Å². The molecule has 0 aromatic carbocycles. The summed E-state index contributed by atoms with van der Waals surface area (Å²) in [6, 6.07) is 6.46. The van der Waals surface area contributed by atoms with E-state index in [-0.39, 0.29) is 5.75 Å². The Balaban J connectivity index is 1.44. The number of methoxy groups -OCH3 is 1. The zero-order valence-electron chi connectivity index (χ0n) is 20.3. The lowest BCUT2D eigenvalue weighted by molar-refractivity contribution is -0.0500. The van der Waals surface area contributed by atoms with Gasteiger partial charge in [-0.3, -0.25) is 25.1 Å². The number of amides is 1. The maximum atomic E-state index is 13.5. The van der Waals surface area contributed by atoms with E-state index in [1.165, 1.54) is 31.6 Å². The van der Waals surface area contributed by atoms with Crippen LogP contribution in [0.1, 0.15) is 21.7 Å². The summed E-state index contributed by atoms with van der Waals surface area (Å²) in [5.74, 6) is 0.0551. The number of halogens is 2. The molecule has 0 bridgehead atoms. The highest BCUT2D eigenvalue weighted by atomic mass is 32.1. The standard InChI is InChI=1S/C25H19F2N7O3S/c1-12-8-16(15-6-7-28-11-19(15)36-3)20(13(2)31-12)22(35)34-25-33-21-23(38-25)32-18(10-30-21)17-5-4-14(9-29-17)37-24(26)27/h4-11,24H,1-3H3,(H,30,33,34,35). The topological polar surface area (TPSA) is 125 Å². The SMILES string of the molecule is COc1cnccc1-c1cc(C)nc(C)c1C(=O)Nc1nc2ncc(-c3ccc(OC(F)F)cn3)nc2s1. The van der Waals surface area contributed by atoms with Crippen molar-refractivity contribution < 1.29 is 23.0 Å². The van der Waals surface area contributed by atoms with Crippen molar-refractivity contribution in [3.63, 3.8) is 0 Å². The van der Waals surface area contributed by atoms with Crippen molar-refractivity contribution in [2.75, 3.05) is 12.4 Å². The van der Waals surface area contributed by atoms with E-state index in [1.54, 1.807) is 25.4 Å². The number of anilines is 1. The zero-order chi connectivity index (χ0) is 26.8. The van der Waals surface area contributed by atoms with Gasteiger partial charge in [-0.15, -0.1) is 0 Å². The minimum Gasteiger partial charge on any atom is -0.494 e. The number of pyridine rings is 3. The average Bonchev–Trinajstić information content (AvgIpc) is 3.29. The molecule has 1 amide bonds. The van der Waals surface area contributed by atoms with Gasteiger partial charge in [0, 0.05) is 23.0 Å². The molecule has 1 N–H and O–H groups in total. The van der Waals surface area contributed by atoms with Gasteiger partial charge in [0.25, 0.3) is 5.91 Å². The van der Waals surface area contributed by atoms with E-state index in [0.717, 1.165) is 17.0 Å². The Kier molecular flexibility index (Phi) is 6.83. The highest BCUT2D eigenvalue weighted by Gasteiger charge is 2.22. The lowest BCUT2D eigenvalue weighted by Gasteiger charge is -2.15. The van der Waals surface area contributed by atoms with Crippen molar-refractivity contribution >= 4 is 32.9 Å². The molecule has 0 aliphatic carbocycles. The third-order valence-electron chi connectivity index (χ3n) is 5.42. The Bertz CT molecular complexity index is 1640. The number of carbonyl (C=O) groups excluding carboxylic acids is 1. The summed E-state index contributed by atoms with van der Waals surface area (Å²) in [7, 11) is 1.54. The Hall–Kier alpha value is -4.65. The van der Waals surface area contributed by atoms with Gasteiger partial charge in [-0.25, -0.2) is 9.97 Å². The summed E-state index contributed by atoms with van der Waals surface area (Å²) < 4.78 is 34.5. The van der Waals surface area contributed by atoms with Gasteiger partial charge in [0.1, 0.15) is 17.2 Å². The van der Waals surface area contributed by atoms with Crippen LogP contribution < -0.4 is 14.8 Å². The molecule has 0 unspecified atom stereocenters. The second kappa shape index (κ2) is 10.4. The van der Waals surface area contributed by atoms with E-state index >= 15 is 0 Å². The molecule has 0 atom stereocenters. The Morgan fingerprint density at radius 1 is 1.00 bits per heavy atom. The van der Waals surface area contributed by atoms with Gasteiger partial charge in [-0.1, -0.05) is 11.3 Å². The predicted molar refractivity (Wildman–Crippen MR) is 137 cm³/mol. The molecule has 13 heteroatoms. The number of aromatic nitrogens is 6. The van der Waals surface area contributed by atoms with Gasteiger partial charge in [0.2, 0.25) is 0 Å². The van der Waals surface area contributed by atoms with E-state index in [0.29, 0.717) is 55.1 Å². The molecule has 0 fully saturated rings. The largest absolute Gasteiger partial charge is 0.494 e. The first-order chi connectivity index (χ1) is 18.3. The van der Waals surface area contributed by atoms with E-state index in [9.17, 15) is 13.6 Å². The van der Waals surface area contributed by atoms with Crippen LogP contribution in [0.25, 0.3) is 33.0 Å². The van der Waals surface area contributed by atoms with Gasteiger partial charge >= 0.3 is 6.61 Å². The van der Waals surface area contributed by atoms with Crippen molar-refractivity contribution in [3.05, 3.63) is 66.0 Å². The van der Waals surface area contributed by atoms with Crippen LogP contribution in [0.15, 0.2) is 49.1 Å². The fraction of sp³-hybridized carbons (Fsp3) is 0.160. The molecular formula is C25H19F2N7O3S. The number of fused-ring (bicyclic) bond motifs is 1. The first-order valence-electron chi connectivity index (χ1n) is 11.1. The first-order valence-corrected chi connectivity index (χ1v) is 12.0. The quantitative estimate of drug-likeness (QED) is 0.304. The zero-order valence-corrected chi connectivity index (χ0v) is 21.1. The lowest BCUT2D eigenvalue weighted by atomic mass is 9.97. The first kappa shape index (κ1) is 25.0. The monoisotopic (exact) mass is 535 g/mol. The van der Waals surface area contributed by atoms with Crippen LogP contribution in [0.2, 0.25) is 0 Å². The third kappa shape index (κ3) is 5.09. The fourth-order valence-corrected chi connectivity index (χ4v) is 4.65. The van der Waals surface area contributed by atoms with Crippen molar-refractivity contribution in [1.29, 1.82) is 0 Å². The third-order valence-corrected chi connectivity index (χ3v) is 6.27. The minimum atomic E-state index is -2.94. The van der Waals surface area contributed by atoms with Crippen LogP contribution in [0.3, 0.4) is 0 Å². The number of rotatable bonds is 7. The summed E-state index contributed by atoms with van der Waals surface area (Å²) in [5.41, 5.74) is 4.17. The summed E-state index contributed by atoms with van der Waals surface area (Å²) in [6.45, 7) is 0.673. The highest BCUT2D eigenvalue weighted by molar-refractivity contribution is 7.21. The molecule has 192 valence electrons. The summed E-state index contributed by atoms with van der Waals surface area (Å²) >= 11 is 1.14. The molecule has 38 heavy (non-hydrogen) atoms. The van der Waals surface area contributed by atoms with Gasteiger partial charge in [-0.05, 0) is 38.1 Å². The molecule has 10 nitrogen and oxygen atoms in total. The molecule has 5 aromatic rings. The van der Waals surface area contributed by atoms with Crippen molar-refractivity contribution in [2.24, 2.45) is 0 Å². The lowest BCUT2D eigenvalue weighted by Crippen LogP contribution is -2.16. The molecule has 0 aliphatic heterocycles. The second-order valence-corrected chi connectivity index (χ2v) is 8.94. The van der Waals surface area contributed by atoms with Crippen LogP contribution in [-0.2, 0) is 0 Å². The van der Waals surface area contributed by atoms with Crippen LogP contribution in [-0.4, -0.2) is 49.5 Å². The molecule has 5 aromatic heterocycles. The van der Waals surface area contributed by atoms with Crippen LogP contribution in [0.4, 0.5) is 13.9 Å².